The van der Waals surface area contributed by atoms with Crippen LogP contribution < -0.4 is 4.72 Å². The Morgan fingerprint density at radius 1 is 1.40 bits per heavy atom. The summed E-state index contributed by atoms with van der Waals surface area (Å²) in [5.74, 6) is 2.42. The van der Waals surface area contributed by atoms with Gasteiger partial charge in [0.05, 0.1) is 5.75 Å². The van der Waals surface area contributed by atoms with Crippen molar-refractivity contribution in [3.63, 3.8) is 0 Å². The van der Waals surface area contributed by atoms with Gasteiger partial charge in [-0.3, -0.25) is 0 Å². The Balaban J connectivity index is 2.03. The molecule has 0 radical (unpaired) electrons. The van der Waals surface area contributed by atoms with Gasteiger partial charge in [-0.25, -0.2) is 13.1 Å². The van der Waals surface area contributed by atoms with Crippen molar-refractivity contribution >= 4 is 10.0 Å². The molecule has 1 heterocycles. The number of fused-ring (bicyclic) bond motifs is 1. The van der Waals surface area contributed by atoms with Gasteiger partial charge in [0.1, 0.15) is 0 Å². The van der Waals surface area contributed by atoms with Crippen molar-refractivity contribution in [3.8, 4) is 0 Å². The number of hydrogen-bond acceptors (Lipinski definition) is 2. The van der Waals surface area contributed by atoms with Gasteiger partial charge in [0.25, 0.3) is 0 Å². The normalized spacial score (nSPS) is 51.3. The quantitative estimate of drug-likeness (QED) is 0.738. The Morgan fingerprint density at radius 3 is 2.80 bits per heavy atom. The third-order valence-corrected chi connectivity index (χ3v) is 6.44. The molecule has 0 aromatic carbocycles. The minimum absolute atomic E-state index is 0.0949. The number of hydrogen-bond donors (Lipinski definition) is 1. The van der Waals surface area contributed by atoms with Crippen LogP contribution in [0.25, 0.3) is 0 Å². The second-order valence-electron chi connectivity index (χ2n) is 5.97. The van der Waals surface area contributed by atoms with Gasteiger partial charge in [-0.2, -0.15) is 0 Å². The van der Waals surface area contributed by atoms with Crippen LogP contribution >= 0.6 is 0 Å². The molecule has 2 saturated carbocycles. The van der Waals surface area contributed by atoms with Gasteiger partial charge >= 0.3 is 0 Å². The topological polar surface area (TPSA) is 46.2 Å². The average molecular weight is 229 g/mol. The Hall–Kier alpha value is -0.0900. The SMILES string of the molecule is CC(C)C1C2CCC13CS(=O)(=O)NC3C2. The van der Waals surface area contributed by atoms with E-state index in [1.165, 1.54) is 6.42 Å². The molecule has 2 bridgehead atoms. The van der Waals surface area contributed by atoms with E-state index in [1.54, 1.807) is 0 Å². The minimum atomic E-state index is -2.97. The third kappa shape index (κ3) is 1.18. The monoisotopic (exact) mass is 229 g/mol. The van der Waals surface area contributed by atoms with Crippen molar-refractivity contribution in [1.29, 1.82) is 0 Å². The van der Waals surface area contributed by atoms with Crippen LogP contribution in [0, 0.1) is 23.2 Å². The zero-order chi connectivity index (χ0) is 10.8. The van der Waals surface area contributed by atoms with Crippen LogP contribution in [-0.4, -0.2) is 20.2 Å². The van der Waals surface area contributed by atoms with Crippen LogP contribution in [0.1, 0.15) is 33.1 Å². The molecule has 0 aromatic heterocycles. The van der Waals surface area contributed by atoms with Crippen LogP contribution in [-0.2, 0) is 10.0 Å². The summed E-state index contributed by atoms with van der Waals surface area (Å²) in [4.78, 5) is 0. The minimum Gasteiger partial charge on any atom is -0.212 e. The smallest absolute Gasteiger partial charge is 0.212 e. The van der Waals surface area contributed by atoms with Crippen LogP contribution in [0.4, 0.5) is 0 Å². The van der Waals surface area contributed by atoms with E-state index in [4.69, 9.17) is 0 Å². The molecule has 1 N–H and O–H groups in total. The molecule has 3 nitrogen and oxygen atoms in total. The summed E-state index contributed by atoms with van der Waals surface area (Å²) < 4.78 is 26.2. The van der Waals surface area contributed by atoms with Crippen molar-refractivity contribution in [1.82, 2.24) is 4.72 Å². The van der Waals surface area contributed by atoms with E-state index < -0.39 is 10.0 Å². The van der Waals surface area contributed by atoms with Crippen molar-refractivity contribution in [2.75, 3.05) is 5.75 Å². The molecular formula is C11H19NO2S. The highest BCUT2D eigenvalue weighted by Crippen LogP contribution is 2.63. The molecule has 4 heteroatoms. The van der Waals surface area contributed by atoms with Crippen molar-refractivity contribution in [2.24, 2.45) is 23.2 Å². The first kappa shape index (κ1) is 10.1. The molecule has 3 aliphatic rings. The fourth-order valence-electron chi connectivity index (χ4n) is 4.73. The number of rotatable bonds is 1. The van der Waals surface area contributed by atoms with Gasteiger partial charge in [0.15, 0.2) is 0 Å². The molecule has 1 spiro atoms. The van der Waals surface area contributed by atoms with E-state index in [0.29, 0.717) is 17.6 Å². The molecule has 3 fully saturated rings. The molecule has 2 aliphatic carbocycles. The number of nitrogens with one attached hydrogen (secondary N) is 1. The molecule has 1 aliphatic heterocycles. The van der Waals surface area contributed by atoms with E-state index in [-0.39, 0.29) is 11.5 Å². The molecule has 86 valence electrons. The molecule has 3 rings (SSSR count). The molecular weight excluding hydrogens is 210 g/mol. The molecule has 4 unspecified atom stereocenters. The lowest BCUT2D eigenvalue weighted by atomic mass is 9.73. The fourth-order valence-corrected chi connectivity index (χ4v) is 6.83. The molecule has 0 amide bonds. The summed E-state index contributed by atoms with van der Waals surface area (Å²) in [6.45, 7) is 4.50. The van der Waals surface area contributed by atoms with Gasteiger partial charge in [-0.05, 0) is 37.0 Å². The van der Waals surface area contributed by atoms with Gasteiger partial charge in [0.2, 0.25) is 10.0 Å². The second-order valence-corrected chi connectivity index (χ2v) is 7.72. The zero-order valence-electron chi connectivity index (χ0n) is 9.36. The van der Waals surface area contributed by atoms with Crippen LogP contribution in [0.15, 0.2) is 0 Å². The Bertz CT molecular complexity index is 389. The first-order valence-corrected chi connectivity index (χ1v) is 7.60. The lowest BCUT2D eigenvalue weighted by molar-refractivity contribution is 0.187. The highest BCUT2D eigenvalue weighted by molar-refractivity contribution is 7.89. The van der Waals surface area contributed by atoms with E-state index in [0.717, 1.165) is 18.8 Å². The maximum atomic E-state index is 11.7. The Morgan fingerprint density at radius 2 is 2.13 bits per heavy atom. The maximum absolute atomic E-state index is 11.7. The van der Waals surface area contributed by atoms with Crippen LogP contribution in [0.2, 0.25) is 0 Å². The van der Waals surface area contributed by atoms with Crippen LogP contribution in [0.3, 0.4) is 0 Å². The van der Waals surface area contributed by atoms with Gasteiger partial charge in [-0.15, -0.1) is 0 Å². The highest BCUT2D eigenvalue weighted by atomic mass is 32.2. The summed E-state index contributed by atoms with van der Waals surface area (Å²) in [5, 5.41) is 0. The highest BCUT2D eigenvalue weighted by Gasteiger charge is 2.65. The lowest BCUT2D eigenvalue weighted by Crippen LogP contribution is -2.37. The van der Waals surface area contributed by atoms with Gasteiger partial charge in [0, 0.05) is 11.5 Å². The van der Waals surface area contributed by atoms with Crippen molar-refractivity contribution in [2.45, 2.75) is 39.2 Å². The lowest BCUT2D eigenvalue weighted by Gasteiger charge is -2.32. The van der Waals surface area contributed by atoms with E-state index >= 15 is 0 Å². The summed E-state index contributed by atoms with van der Waals surface area (Å²) in [5.41, 5.74) is 0.0949. The summed E-state index contributed by atoms with van der Waals surface area (Å²) in [7, 11) is -2.97. The average Bonchev–Trinajstić information content (AvgIpc) is 2.60. The molecule has 1 saturated heterocycles. The first-order chi connectivity index (χ1) is 6.95. The zero-order valence-corrected chi connectivity index (χ0v) is 10.2. The number of sulfonamides is 1. The Kier molecular flexibility index (Phi) is 1.87. The molecule has 0 aromatic rings. The molecule has 4 atom stereocenters. The standard InChI is InChI=1S/C11H19NO2S/c1-7(2)10-8-3-4-11(10)6-15(13,14)12-9(11)5-8/h7-10,12H,3-6H2,1-2H3. The van der Waals surface area contributed by atoms with Gasteiger partial charge in [-0.1, -0.05) is 13.8 Å². The van der Waals surface area contributed by atoms with E-state index in [2.05, 4.69) is 18.6 Å². The van der Waals surface area contributed by atoms with E-state index in [9.17, 15) is 8.42 Å². The predicted molar refractivity (Wildman–Crippen MR) is 58.8 cm³/mol. The second kappa shape index (κ2) is 2.77. The summed E-state index contributed by atoms with van der Waals surface area (Å²) >= 11 is 0. The fraction of sp³-hybridized carbons (Fsp3) is 1.00. The largest absolute Gasteiger partial charge is 0.212 e. The van der Waals surface area contributed by atoms with Crippen LogP contribution in [0.5, 0.6) is 0 Å². The summed E-state index contributed by atoms with van der Waals surface area (Å²) in [6.07, 6.45) is 3.45. The van der Waals surface area contributed by atoms with Crippen molar-refractivity contribution < 1.29 is 8.42 Å². The first-order valence-electron chi connectivity index (χ1n) is 5.95. The van der Waals surface area contributed by atoms with Gasteiger partial charge < -0.3 is 0 Å². The third-order valence-electron chi connectivity index (χ3n) is 4.88. The Labute approximate surface area is 91.7 Å². The molecule has 15 heavy (non-hydrogen) atoms. The van der Waals surface area contributed by atoms with Crippen molar-refractivity contribution in [3.05, 3.63) is 0 Å². The summed E-state index contributed by atoms with van der Waals surface area (Å²) in [6, 6.07) is 0.258. The van der Waals surface area contributed by atoms with E-state index in [1.807, 2.05) is 0 Å². The maximum Gasteiger partial charge on any atom is 0.212 e. The predicted octanol–water partition coefficient (Wildman–Crippen LogP) is 1.36.